The van der Waals surface area contributed by atoms with Gasteiger partial charge in [0.05, 0.1) is 4.92 Å². The van der Waals surface area contributed by atoms with Crippen LogP contribution >= 0.6 is 0 Å². The maximum atomic E-state index is 11.1. The summed E-state index contributed by atoms with van der Waals surface area (Å²) in [6.07, 6.45) is 3.21. The Morgan fingerprint density at radius 2 is 2.40 bits per heavy atom. The number of carboxylic acids is 1. The van der Waals surface area contributed by atoms with Crippen molar-refractivity contribution in [3.05, 3.63) is 27.9 Å². The van der Waals surface area contributed by atoms with Crippen LogP contribution in [0.4, 0.5) is 11.5 Å². The van der Waals surface area contributed by atoms with Crippen LogP contribution in [0.3, 0.4) is 0 Å². The molecule has 1 atom stereocenters. The molecule has 1 unspecified atom stereocenters. The van der Waals surface area contributed by atoms with Gasteiger partial charge in [-0.15, -0.1) is 0 Å². The fraction of sp³-hybridized carbons (Fsp3) is 0.538. The molecule has 20 heavy (non-hydrogen) atoms. The normalized spacial score (nSPS) is 18.2. The molecule has 7 heteroatoms. The lowest BCUT2D eigenvalue weighted by Gasteiger charge is -2.17. The highest BCUT2D eigenvalue weighted by Crippen LogP contribution is 2.31. The van der Waals surface area contributed by atoms with Crippen LogP contribution in [-0.2, 0) is 4.79 Å². The summed E-state index contributed by atoms with van der Waals surface area (Å²) in [5.41, 5.74) is 0.769. The molecule has 108 valence electrons. The van der Waals surface area contributed by atoms with E-state index in [9.17, 15) is 14.9 Å². The van der Waals surface area contributed by atoms with Crippen LogP contribution in [0.15, 0.2) is 12.3 Å². The number of aromatic nitrogens is 1. The first-order valence-corrected chi connectivity index (χ1v) is 6.55. The molecule has 0 aliphatic carbocycles. The molecule has 0 aromatic carbocycles. The number of nitro groups is 1. The standard InChI is InChI=1S/C13H17N3O4/c1-9-6-11(16(19)20)13(14-7-9)15-5-4-10(8-15)2-3-12(17)18/h6-7,10H,2-5,8H2,1H3,(H,17,18). The van der Waals surface area contributed by atoms with Gasteiger partial charge in [0.1, 0.15) is 0 Å². The summed E-state index contributed by atoms with van der Waals surface area (Å²) >= 11 is 0. The summed E-state index contributed by atoms with van der Waals surface area (Å²) < 4.78 is 0. The lowest BCUT2D eigenvalue weighted by atomic mass is 10.0. The van der Waals surface area contributed by atoms with Crippen LogP contribution in [0.5, 0.6) is 0 Å². The number of carbonyl (C=O) groups is 1. The summed E-state index contributed by atoms with van der Waals surface area (Å²) in [5.74, 6) is -0.157. The van der Waals surface area contributed by atoms with E-state index in [1.165, 1.54) is 6.07 Å². The molecule has 1 fully saturated rings. The minimum atomic E-state index is -0.803. The van der Waals surface area contributed by atoms with Gasteiger partial charge in [-0.1, -0.05) is 0 Å². The summed E-state index contributed by atoms with van der Waals surface area (Å²) in [6.45, 7) is 3.08. The fourth-order valence-corrected chi connectivity index (χ4v) is 2.51. The lowest BCUT2D eigenvalue weighted by Crippen LogP contribution is -2.22. The van der Waals surface area contributed by atoms with Crippen molar-refractivity contribution in [3.63, 3.8) is 0 Å². The molecule has 1 N–H and O–H groups in total. The SMILES string of the molecule is Cc1cnc(N2CCC(CCC(=O)O)C2)c([N+](=O)[O-])c1. The molecule has 7 nitrogen and oxygen atoms in total. The van der Waals surface area contributed by atoms with Gasteiger partial charge in [0, 0.05) is 31.8 Å². The third-order valence-electron chi connectivity index (χ3n) is 3.53. The van der Waals surface area contributed by atoms with Gasteiger partial charge in [0.25, 0.3) is 0 Å². The average Bonchev–Trinajstić information content (AvgIpc) is 2.84. The van der Waals surface area contributed by atoms with Crippen molar-refractivity contribution >= 4 is 17.5 Å². The van der Waals surface area contributed by atoms with Gasteiger partial charge in [-0.05, 0) is 31.2 Å². The second-order valence-corrected chi connectivity index (χ2v) is 5.15. The zero-order chi connectivity index (χ0) is 14.7. The maximum absolute atomic E-state index is 11.1. The van der Waals surface area contributed by atoms with Gasteiger partial charge >= 0.3 is 11.7 Å². The largest absolute Gasteiger partial charge is 0.481 e. The molecule has 1 aliphatic heterocycles. The third-order valence-corrected chi connectivity index (χ3v) is 3.53. The smallest absolute Gasteiger partial charge is 0.311 e. The van der Waals surface area contributed by atoms with E-state index in [1.807, 2.05) is 4.90 Å². The first-order valence-electron chi connectivity index (χ1n) is 6.55. The molecular formula is C13H17N3O4. The summed E-state index contributed by atoms with van der Waals surface area (Å²) in [5, 5.41) is 19.8. The summed E-state index contributed by atoms with van der Waals surface area (Å²) in [7, 11) is 0. The third kappa shape index (κ3) is 3.23. The van der Waals surface area contributed by atoms with Crippen molar-refractivity contribution in [2.24, 2.45) is 5.92 Å². The molecule has 0 saturated carbocycles. The number of carboxylic acid groups (broad SMARTS) is 1. The Kier molecular flexibility index (Phi) is 4.16. The number of pyridine rings is 1. The van der Waals surface area contributed by atoms with Crippen molar-refractivity contribution in [3.8, 4) is 0 Å². The van der Waals surface area contributed by atoms with Crippen molar-refractivity contribution in [2.45, 2.75) is 26.2 Å². The predicted molar refractivity (Wildman–Crippen MR) is 72.8 cm³/mol. The Morgan fingerprint density at radius 1 is 1.65 bits per heavy atom. The van der Waals surface area contributed by atoms with Gasteiger partial charge in [-0.25, -0.2) is 4.98 Å². The van der Waals surface area contributed by atoms with Crippen LogP contribution in [-0.4, -0.2) is 34.1 Å². The number of rotatable bonds is 5. The van der Waals surface area contributed by atoms with Crippen molar-refractivity contribution in [2.75, 3.05) is 18.0 Å². The molecule has 2 rings (SSSR count). The average molecular weight is 279 g/mol. The molecular weight excluding hydrogens is 262 g/mol. The lowest BCUT2D eigenvalue weighted by molar-refractivity contribution is -0.384. The number of aryl methyl sites for hydroxylation is 1. The Hall–Kier alpha value is -2.18. The maximum Gasteiger partial charge on any atom is 0.311 e. The number of hydrogen-bond acceptors (Lipinski definition) is 5. The number of aliphatic carboxylic acids is 1. The van der Waals surface area contributed by atoms with E-state index in [4.69, 9.17) is 5.11 Å². The van der Waals surface area contributed by atoms with Crippen LogP contribution < -0.4 is 4.90 Å². The first-order chi connectivity index (χ1) is 9.47. The van der Waals surface area contributed by atoms with E-state index >= 15 is 0 Å². The van der Waals surface area contributed by atoms with E-state index in [-0.39, 0.29) is 18.0 Å². The molecule has 2 heterocycles. The highest BCUT2D eigenvalue weighted by molar-refractivity contribution is 5.66. The van der Waals surface area contributed by atoms with Crippen LogP contribution in [0.1, 0.15) is 24.8 Å². The number of hydrogen-bond donors (Lipinski definition) is 1. The van der Waals surface area contributed by atoms with Gasteiger partial charge in [0.15, 0.2) is 0 Å². The number of anilines is 1. The van der Waals surface area contributed by atoms with Crippen molar-refractivity contribution in [1.29, 1.82) is 0 Å². The minimum absolute atomic E-state index is 0.0175. The van der Waals surface area contributed by atoms with Gasteiger partial charge in [0.2, 0.25) is 5.82 Å². The van der Waals surface area contributed by atoms with Crippen LogP contribution in [0.2, 0.25) is 0 Å². The van der Waals surface area contributed by atoms with Crippen molar-refractivity contribution < 1.29 is 14.8 Å². The first kappa shape index (κ1) is 14.2. The molecule has 1 saturated heterocycles. The Bertz CT molecular complexity index is 532. The summed E-state index contributed by atoms with van der Waals surface area (Å²) in [4.78, 5) is 27.3. The topological polar surface area (TPSA) is 96.6 Å². The van der Waals surface area contributed by atoms with E-state index in [0.29, 0.717) is 25.3 Å². The minimum Gasteiger partial charge on any atom is -0.481 e. The van der Waals surface area contributed by atoms with Gasteiger partial charge < -0.3 is 10.0 Å². The second-order valence-electron chi connectivity index (χ2n) is 5.15. The van der Waals surface area contributed by atoms with E-state index in [1.54, 1.807) is 13.1 Å². The molecule has 1 aromatic heterocycles. The van der Waals surface area contributed by atoms with Gasteiger partial charge in [-0.3, -0.25) is 14.9 Å². The van der Waals surface area contributed by atoms with Gasteiger partial charge in [-0.2, -0.15) is 0 Å². The molecule has 0 bridgehead atoms. The molecule has 0 amide bonds. The van der Waals surface area contributed by atoms with E-state index < -0.39 is 10.9 Å². The molecule has 0 radical (unpaired) electrons. The zero-order valence-corrected chi connectivity index (χ0v) is 11.3. The number of nitrogens with zero attached hydrogens (tertiary/aromatic N) is 3. The molecule has 1 aliphatic rings. The quantitative estimate of drug-likeness (QED) is 0.654. The van der Waals surface area contributed by atoms with E-state index in [0.717, 1.165) is 12.0 Å². The predicted octanol–water partition coefficient (Wildman–Crippen LogP) is 1.99. The highest BCUT2D eigenvalue weighted by Gasteiger charge is 2.28. The van der Waals surface area contributed by atoms with E-state index in [2.05, 4.69) is 4.98 Å². The molecule has 1 aromatic rings. The second kappa shape index (κ2) is 5.85. The van der Waals surface area contributed by atoms with Crippen LogP contribution in [0, 0.1) is 23.0 Å². The Morgan fingerprint density at radius 3 is 3.05 bits per heavy atom. The Labute approximate surface area is 116 Å². The molecule has 0 spiro atoms. The summed E-state index contributed by atoms with van der Waals surface area (Å²) in [6, 6.07) is 1.52. The van der Waals surface area contributed by atoms with Crippen molar-refractivity contribution in [1.82, 2.24) is 4.98 Å². The van der Waals surface area contributed by atoms with Crippen LogP contribution in [0.25, 0.3) is 0 Å². The fourth-order valence-electron chi connectivity index (χ4n) is 2.51. The highest BCUT2D eigenvalue weighted by atomic mass is 16.6. The monoisotopic (exact) mass is 279 g/mol. The Balaban J connectivity index is 2.10. The zero-order valence-electron chi connectivity index (χ0n) is 11.3.